The normalized spacial score (nSPS) is 24.1. The van der Waals surface area contributed by atoms with Crippen LogP contribution in [0.5, 0.6) is 0 Å². The average Bonchev–Trinajstić information content (AvgIpc) is 3.44. The average molecular weight is 356 g/mol. The van der Waals surface area contributed by atoms with Gasteiger partial charge >= 0.3 is 0 Å². The van der Waals surface area contributed by atoms with Gasteiger partial charge in [-0.25, -0.2) is 15.0 Å². The Bertz CT molecular complexity index is 711. The molecule has 4 rings (SSSR count). The van der Waals surface area contributed by atoms with Crippen LogP contribution in [-0.2, 0) is 18.3 Å². The monoisotopic (exact) mass is 356 g/mol. The van der Waals surface area contributed by atoms with E-state index in [9.17, 15) is 0 Å². The van der Waals surface area contributed by atoms with E-state index in [0.29, 0.717) is 5.92 Å². The summed E-state index contributed by atoms with van der Waals surface area (Å²) in [6.07, 6.45) is 10.3. The van der Waals surface area contributed by atoms with Gasteiger partial charge in [-0.1, -0.05) is 6.92 Å². The third-order valence-corrected chi connectivity index (χ3v) is 5.33. The Morgan fingerprint density at radius 2 is 2.04 bits per heavy atom. The Balaban J connectivity index is 1.38. The summed E-state index contributed by atoms with van der Waals surface area (Å²) in [5, 5.41) is 3.52. The molecule has 2 aromatic heterocycles. The fourth-order valence-electron chi connectivity index (χ4n) is 3.67. The summed E-state index contributed by atoms with van der Waals surface area (Å²) in [7, 11) is 2.05. The topological polar surface area (TPSA) is 68.1 Å². The summed E-state index contributed by atoms with van der Waals surface area (Å²) >= 11 is 0. The van der Waals surface area contributed by atoms with E-state index in [-0.39, 0.29) is 12.1 Å². The summed E-state index contributed by atoms with van der Waals surface area (Å²) in [5.41, 5.74) is 1.12. The van der Waals surface area contributed by atoms with E-state index >= 15 is 0 Å². The van der Waals surface area contributed by atoms with Crippen molar-refractivity contribution >= 4 is 0 Å². The quantitative estimate of drug-likeness (QED) is 0.813. The number of likely N-dealkylation sites (N-methyl/N-ethyl adjacent to an activating group) is 1. The molecule has 0 aromatic carbocycles. The second-order valence-electron chi connectivity index (χ2n) is 7.23. The van der Waals surface area contributed by atoms with E-state index < -0.39 is 0 Å². The van der Waals surface area contributed by atoms with Gasteiger partial charge in [0, 0.05) is 63.0 Å². The number of nitrogens with zero attached hydrogens (tertiary/aromatic N) is 5. The zero-order valence-electron chi connectivity index (χ0n) is 15.6. The molecule has 0 bridgehead atoms. The maximum Gasteiger partial charge on any atom is 0.131 e. The van der Waals surface area contributed by atoms with Gasteiger partial charge in [0.1, 0.15) is 11.6 Å². The van der Waals surface area contributed by atoms with Crippen LogP contribution >= 0.6 is 0 Å². The Kier molecular flexibility index (Phi) is 5.28. The lowest BCUT2D eigenvalue weighted by Crippen LogP contribution is -2.49. The van der Waals surface area contributed by atoms with Crippen LogP contribution in [0.4, 0.5) is 0 Å². The number of hydrogen-bond donors (Lipinski definition) is 1. The maximum absolute atomic E-state index is 6.11. The van der Waals surface area contributed by atoms with Crippen LogP contribution in [0.1, 0.15) is 48.9 Å². The Hall–Kier alpha value is -1.83. The number of aryl methyl sites for hydroxylation is 1. The fourth-order valence-corrected chi connectivity index (χ4v) is 3.67. The van der Waals surface area contributed by atoms with E-state index in [0.717, 1.165) is 50.0 Å². The molecule has 7 nitrogen and oxygen atoms in total. The van der Waals surface area contributed by atoms with Crippen LogP contribution < -0.4 is 5.32 Å². The molecule has 0 amide bonds. The molecule has 0 radical (unpaired) electrons. The van der Waals surface area contributed by atoms with Crippen molar-refractivity contribution in [2.45, 2.75) is 44.4 Å². The SMILES string of the molecule is CCN1CCO[C@@H](CNCc2cnc(C3CC3)nc2)[C@@H]1c1nccn1C. The van der Waals surface area contributed by atoms with E-state index in [2.05, 4.69) is 36.7 Å². The van der Waals surface area contributed by atoms with Crippen molar-refractivity contribution in [3.05, 3.63) is 42.0 Å². The van der Waals surface area contributed by atoms with Crippen LogP contribution in [0.25, 0.3) is 0 Å². The van der Waals surface area contributed by atoms with Crippen molar-refractivity contribution in [3.8, 4) is 0 Å². The maximum atomic E-state index is 6.11. The van der Waals surface area contributed by atoms with E-state index in [1.807, 2.05) is 31.8 Å². The summed E-state index contributed by atoms with van der Waals surface area (Å²) < 4.78 is 8.21. The smallest absolute Gasteiger partial charge is 0.131 e. The van der Waals surface area contributed by atoms with Crippen molar-refractivity contribution in [3.63, 3.8) is 0 Å². The number of morpholine rings is 1. The third kappa shape index (κ3) is 3.79. The summed E-state index contributed by atoms with van der Waals surface area (Å²) in [6, 6.07) is 0.176. The molecular formula is C19H28N6O. The van der Waals surface area contributed by atoms with E-state index in [4.69, 9.17) is 4.74 Å². The molecule has 3 heterocycles. The molecule has 1 aliphatic heterocycles. The zero-order chi connectivity index (χ0) is 17.9. The van der Waals surface area contributed by atoms with Crippen molar-refractivity contribution in [2.24, 2.45) is 7.05 Å². The summed E-state index contributed by atoms with van der Waals surface area (Å²) in [5.74, 6) is 2.67. The lowest BCUT2D eigenvalue weighted by atomic mass is 10.1. The Labute approximate surface area is 154 Å². The van der Waals surface area contributed by atoms with Crippen LogP contribution in [-0.4, -0.2) is 56.8 Å². The zero-order valence-corrected chi connectivity index (χ0v) is 15.6. The third-order valence-electron chi connectivity index (χ3n) is 5.33. The Morgan fingerprint density at radius 3 is 2.69 bits per heavy atom. The van der Waals surface area contributed by atoms with Gasteiger partial charge in [0.25, 0.3) is 0 Å². The molecule has 2 aliphatic rings. The number of hydrogen-bond acceptors (Lipinski definition) is 6. The number of ether oxygens (including phenoxy) is 1. The number of aromatic nitrogens is 4. The van der Waals surface area contributed by atoms with Crippen LogP contribution in [0, 0.1) is 0 Å². The molecule has 140 valence electrons. The molecule has 1 N–H and O–H groups in total. The van der Waals surface area contributed by atoms with Crippen LogP contribution in [0.2, 0.25) is 0 Å². The Morgan fingerprint density at radius 1 is 1.23 bits per heavy atom. The van der Waals surface area contributed by atoms with Gasteiger partial charge in [-0.05, 0) is 19.4 Å². The highest BCUT2D eigenvalue weighted by molar-refractivity contribution is 5.11. The van der Waals surface area contributed by atoms with Gasteiger partial charge in [0.2, 0.25) is 0 Å². The molecule has 0 unspecified atom stereocenters. The largest absolute Gasteiger partial charge is 0.373 e. The molecular weight excluding hydrogens is 328 g/mol. The first-order valence-electron chi connectivity index (χ1n) is 9.60. The molecule has 2 fully saturated rings. The molecule has 2 atom stereocenters. The van der Waals surface area contributed by atoms with Gasteiger partial charge in [-0.2, -0.15) is 0 Å². The number of rotatable bonds is 7. The molecule has 26 heavy (non-hydrogen) atoms. The van der Waals surface area contributed by atoms with Crippen LogP contribution in [0.15, 0.2) is 24.8 Å². The summed E-state index contributed by atoms with van der Waals surface area (Å²) in [6.45, 7) is 6.43. The highest BCUT2D eigenvalue weighted by Gasteiger charge is 2.35. The molecule has 1 saturated carbocycles. The van der Waals surface area contributed by atoms with Crippen molar-refractivity contribution in [1.29, 1.82) is 0 Å². The number of nitrogens with one attached hydrogen (secondary N) is 1. The van der Waals surface area contributed by atoms with Gasteiger partial charge < -0.3 is 14.6 Å². The standard InChI is InChI=1S/C19H28N6O/c1-3-25-8-9-26-16(17(25)19-21-6-7-24(19)2)13-20-10-14-11-22-18(23-12-14)15-4-5-15/h6-7,11-12,15-17,20H,3-5,8-10,13H2,1-2H3/t16-,17+/m0/s1. The van der Waals surface area contributed by atoms with Gasteiger partial charge in [-0.3, -0.25) is 4.90 Å². The highest BCUT2D eigenvalue weighted by atomic mass is 16.5. The second-order valence-corrected chi connectivity index (χ2v) is 7.23. The second kappa shape index (κ2) is 7.82. The minimum atomic E-state index is 0.0801. The molecule has 0 spiro atoms. The first-order chi connectivity index (χ1) is 12.8. The molecule has 2 aromatic rings. The fraction of sp³-hybridized carbons (Fsp3) is 0.632. The molecule has 1 aliphatic carbocycles. The first-order valence-corrected chi connectivity index (χ1v) is 9.60. The van der Waals surface area contributed by atoms with Crippen molar-refractivity contribution in [2.75, 3.05) is 26.2 Å². The van der Waals surface area contributed by atoms with E-state index in [1.54, 1.807) is 0 Å². The molecule has 7 heteroatoms. The minimum Gasteiger partial charge on any atom is -0.373 e. The van der Waals surface area contributed by atoms with Gasteiger partial charge in [0.05, 0.1) is 18.8 Å². The number of imidazole rings is 1. The van der Waals surface area contributed by atoms with Crippen LogP contribution in [0.3, 0.4) is 0 Å². The first kappa shape index (κ1) is 17.6. The molecule has 1 saturated heterocycles. The minimum absolute atomic E-state index is 0.0801. The van der Waals surface area contributed by atoms with E-state index in [1.165, 1.54) is 12.8 Å². The highest BCUT2D eigenvalue weighted by Crippen LogP contribution is 2.37. The predicted molar refractivity (Wildman–Crippen MR) is 98.6 cm³/mol. The van der Waals surface area contributed by atoms with Crippen molar-refractivity contribution in [1.82, 2.24) is 29.7 Å². The van der Waals surface area contributed by atoms with Crippen molar-refractivity contribution < 1.29 is 4.74 Å². The lowest BCUT2D eigenvalue weighted by Gasteiger charge is -2.40. The predicted octanol–water partition coefficient (Wildman–Crippen LogP) is 1.64. The van der Waals surface area contributed by atoms with Gasteiger partial charge in [-0.15, -0.1) is 0 Å². The lowest BCUT2D eigenvalue weighted by molar-refractivity contribution is -0.0730. The summed E-state index contributed by atoms with van der Waals surface area (Å²) in [4.78, 5) is 16.0. The van der Waals surface area contributed by atoms with Gasteiger partial charge in [0.15, 0.2) is 0 Å².